The van der Waals surface area contributed by atoms with Gasteiger partial charge in [-0.15, -0.1) is 15.7 Å². The van der Waals surface area contributed by atoms with Crippen LogP contribution in [0.4, 0.5) is 0 Å². The van der Waals surface area contributed by atoms with Gasteiger partial charge in [-0.1, -0.05) is 29.5 Å². The maximum absolute atomic E-state index is 12.3. The largest absolute Gasteiger partial charge is 0.319 e. The molecule has 2 aromatic heterocycles. The minimum Gasteiger partial charge on any atom is -0.319 e. The van der Waals surface area contributed by atoms with Gasteiger partial charge in [0.25, 0.3) is 10.0 Å². The number of thiazole rings is 1. The van der Waals surface area contributed by atoms with Gasteiger partial charge in [-0.2, -0.15) is 8.42 Å². The van der Waals surface area contributed by atoms with Gasteiger partial charge < -0.3 is 4.57 Å². The molecule has 0 N–H and O–H groups in total. The Labute approximate surface area is 131 Å². The van der Waals surface area contributed by atoms with E-state index >= 15 is 0 Å². The number of thiophene rings is 1. The fraction of sp³-hybridized carbons (Fsp3) is 0.214. The van der Waals surface area contributed by atoms with E-state index in [0.717, 1.165) is 21.3 Å². The standard InChI is InChI=1S/C14H14N2O2S3/c1-9-6-7-10(2)13-12(9)16(3)14(20-13)15-21(17,18)11-5-4-8-19-11/h4-8H,1-3H3. The SMILES string of the molecule is Cc1ccc(C)c2c1sc(=NS(=O)(=O)c1cccs1)n2C. The van der Waals surface area contributed by atoms with Gasteiger partial charge in [0.15, 0.2) is 0 Å². The lowest BCUT2D eigenvalue weighted by Crippen LogP contribution is -2.13. The van der Waals surface area contributed by atoms with Crippen LogP contribution in [-0.4, -0.2) is 13.0 Å². The topological polar surface area (TPSA) is 51.4 Å². The molecule has 7 heteroatoms. The van der Waals surface area contributed by atoms with E-state index in [-0.39, 0.29) is 4.21 Å². The van der Waals surface area contributed by atoms with Gasteiger partial charge in [-0.25, -0.2) is 0 Å². The second-order valence-corrected chi connectivity index (χ2v) is 8.58. The lowest BCUT2D eigenvalue weighted by molar-refractivity contribution is 0.598. The average molecular weight is 338 g/mol. The summed E-state index contributed by atoms with van der Waals surface area (Å²) in [6, 6.07) is 7.38. The molecule has 2 heterocycles. The zero-order chi connectivity index (χ0) is 15.2. The van der Waals surface area contributed by atoms with Crippen molar-refractivity contribution in [1.82, 2.24) is 4.57 Å². The van der Waals surface area contributed by atoms with Crippen LogP contribution in [0.15, 0.2) is 38.3 Å². The molecule has 0 atom stereocenters. The molecule has 3 rings (SSSR count). The number of benzene rings is 1. The molecule has 0 amide bonds. The van der Waals surface area contributed by atoms with Crippen LogP contribution < -0.4 is 4.80 Å². The highest BCUT2D eigenvalue weighted by Crippen LogP contribution is 2.25. The summed E-state index contributed by atoms with van der Waals surface area (Å²) < 4.78 is 31.8. The first-order chi connectivity index (χ1) is 9.90. The fourth-order valence-electron chi connectivity index (χ4n) is 2.21. The number of fused-ring (bicyclic) bond motifs is 1. The van der Waals surface area contributed by atoms with Crippen LogP contribution in [0.3, 0.4) is 0 Å². The van der Waals surface area contributed by atoms with Crippen molar-refractivity contribution in [2.24, 2.45) is 11.4 Å². The van der Waals surface area contributed by atoms with Gasteiger partial charge in [0.2, 0.25) is 4.80 Å². The van der Waals surface area contributed by atoms with E-state index in [1.165, 1.54) is 22.7 Å². The molecule has 3 aromatic rings. The van der Waals surface area contributed by atoms with Gasteiger partial charge in [0.05, 0.1) is 10.2 Å². The van der Waals surface area contributed by atoms with Gasteiger partial charge >= 0.3 is 0 Å². The number of nitrogens with zero attached hydrogens (tertiary/aromatic N) is 2. The zero-order valence-corrected chi connectivity index (χ0v) is 14.3. The highest BCUT2D eigenvalue weighted by atomic mass is 32.2. The van der Waals surface area contributed by atoms with Crippen LogP contribution >= 0.6 is 22.7 Å². The van der Waals surface area contributed by atoms with E-state index in [9.17, 15) is 8.42 Å². The molecule has 0 bridgehead atoms. The first-order valence-electron chi connectivity index (χ1n) is 6.30. The van der Waals surface area contributed by atoms with Crippen molar-refractivity contribution in [1.29, 1.82) is 0 Å². The molecular weight excluding hydrogens is 324 g/mol. The summed E-state index contributed by atoms with van der Waals surface area (Å²) in [5, 5.41) is 1.74. The summed E-state index contributed by atoms with van der Waals surface area (Å²) >= 11 is 2.59. The molecule has 0 spiro atoms. The first-order valence-corrected chi connectivity index (χ1v) is 9.44. The molecule has 4 nitrogen and oxygen atoms in total. The van der Waals surface area contributed by atoms with Crippen molar-refractivity contribution in [3.05, 3.63) is 45.6 Å². The molecule has 0 aliphatic rings. The summed E-state index contributed by atoms with van der Waals surface area (Å²) in [6.07, 6.45) is 0. The van der Waals surface area contributed by atoms with Crippen molar-refractivity contribution < 1.29 is 8.42 Å². The molecule has 1 aromatic carbocycles. The Hall–Kier alpha value is -1.44. The van der Waals surface area contributed by atoms with Crippen LogP contribution in [0.5, 0.6) is 0 Å². The summed E-state index contributed by atoms with van der Waals surface area (Å²) in [5.41, 5.74) is 3.29. The Bertz CT molecular complexity index is 977. The molecule has 0 radical (unpaired) electrons. The highest BCUT2D eigenvalue weighted by Gasteiger charge is 2.15. The Morgan fingerprint density at radius 3 is 2.48 bits per heavy atom. The number of sulfonamides is 1. The highest BCUT2D eigenvalue weighted by molar-refractivity contribution is 7.92. The van der Waals surface area contributed by atoms with E-state index < -0.39 is 10.0 Å². The van der Waals surface area contributed by atoms with Crippen LogP contribution in [0, 0.1) is 13.8 Å². The molecule has 0 saturated heterocycles. The quantitative estimate of drug-likeness (QED) is 0.720. The van der Waals surface area contributed by atoms with Gasteiger partial charge in [0, 0.05) is 7.05 Å². The molecule has 110 valence electrons. The molecule has 0 aliphatic heterocycles. The third kappa shape index (κ3) is 2.45. The molecule has 0 fully saturated rings. The van der Waals surface area contributed by atoms with E-state index in [1.807, 2.05) is 37.6 Å². The first kappa shape index (κ1) is 14.5. The van der Waals surface area contributed by atoms with E-state index in [2.05, 4.69) is 4.40 Å². The van der Waals surface area contributed by atoms with Gasteiger partial charge in [0.1, 0.15) is 4.21 Å². The molecule has 21 heavy (non-hydrogen) atoms. The van der Waals surface area contributed by atoms with E-state index in [0.29, 0.717) is 4.80 Å². The lowest BCUT2D eigenvalue weighted by atomic mass is 10.1. The van der Waals surface area contributed by atoms with Crippen molar-refractivity contribution >= 4 is 42.9 Å². The minimum atomic E-state index is -3.63. The number of aryl methyl sites for hydroxylation is 3. The van der Waals surface area contributed by atoms with Crippen LogP contribution in [0.25, 0.3) is 10.2 Å². The third-order valence-corrected chi connectivity index (χ3v) is 7.32. The monoisotopic (exact) mass is 338 g/mol. The predicted molar refractivity (Wildman–Crippen MR) is 87.3 cm³/mol. The van der Waals surface area contributed by atoms with Crippen LogP contribution in [0.1, 0.15) is 11.1 Å². The lowest BCUT2D eigenvalue weighted by Gasteiger charge is -2.01. The fourth-order valence-corrected chi connectivity index (χ4v) is 5.57. The number of hydrogen-bond donors (Lipinski definition) is 0. The number of hydrogen-bond acceptors (Lipinski definition) is 4. The summed E-state index contributed by atoms with van der Waals surface area (Å²) in [4.78, 5) is 0.496. The van der Waals surface area contributed by atoms with E-state index in [1.54, 1.807) is 17.5 Å². The normalized spacial score (nSPS) is 13.2. The van der Waals surface area contributed by atoms with Gasteiger partial charge in [-0.3, -0.25) is 0 Å². The third-order valence-electron chi connectivity index (χ3n) is 3.29. The summed E-state index contributed by atoms with van der Waals surface area (Å²) in [7, 11) is -1.78. The predicted octanol–water partition coefficient (Wildman–Crippen LogP) is 3.21. The van der Waals surface area contributed by atoms with Crippen molar-refractivity contribution in [2.45, 2.75) is 18.1 Å². The summed E-state index contributed by atoms with van der Waals surface area (Å²) in [5.74, 6) is 0. The van der Waals surface area contributed by atoms with Crippen molar-refractivity contribution in [2.75, 3.05) is 0 Å². The Kier molecular flexibility index (Phi) is 3.51. The van der Waals surface area contributed by atoms with Crippen LogP contribution in [0.2, 0.25) is 0 Å². The molecule has 0 unspecified atom stereocenters. The Morgan fingerprint density at radius 1 is 1.14 bits per heavy atom. The maximum atomic E-state index is 12.3. The maximum Gasteiger partial charge on any atom is 0.294 e. The van der Waals surface area contributed by atoms with E-state index in [4.69, 9.17) is 0 Å². The number of rotatable bonds is 2. The second-order valence-electron chi connectivity index (χ2n) is 4.82. The second kappa shape index (κ2) is 5.08. The summed E-state index contributed by atoms with van der Waals surface area (Å²) in [6.45, 7) is 4.04. The zero-order valence-electron chi connectivity index (χ0n) is 11.8. The average Bonchev–Trinajstić information content (AvgIpc) is 3.04. The smallest absolute Gasteiger partial charge is 0.294 e. The number of aromatic nitrogens is 1. The Morgan fingerprint density at radius 2 is 1.86 bits per heavy atom. The molecule has 0 aliphatic carbocycles. The van der Waals surface area contributed by atoms with Crippen LogP contribution in [-0.2, 0) is 17.1 Å². The molecular formula is C14H14N2O2S3. The molecule has 0 saturated carbocycles. The Balaban J connectivity index is 2.32. The van der Waals surface area contributed by atoms with Gasteiger partial charge in [-0.05, 0) is 36.4 Å². The minimum absolute atomic E-state index is 0.272. The van der Waals surface area contributed by atoms with Crippen molar-refractivity contribution in [3.8, 4) is 0 Å². The van der Waals surface area contributed by atoms with Crippen molar-refractivity contribution in [3.63, 3.8) is 0 Å².